The first-order valence-corrected chi connectivity index (χ1v) is 7.49. The molecule has 1 aromatic rings. The summed E-state index contributed by atoms with van der Waals surface area (Å²) in [4.78, 5) is 13.5. The van der Waals surface area contributed by atoms with Crippen LogP contribution in [0.1, 0.15) is 52.7 Å². The number of carbonyl (C=O) groups is 1. The van der Waals surface area contributed by atoms with E-state index in [1.165, 1.54) is 11.3 Å². The maximum absolute atomic E-state index is 11.9. The molecule has 0 radical (unpaired) electrons. The van der Waals surface area contributed by atoms with Crippen molar-refractivity contribution in [1.82, 2.24) is 5.32 Å². The molecule has 4 heteroatoms. The first-order valence-electron chi connectivity index (χ1n) is 6.67. The van der Waals surface area contributed by atoms with Gasteiger partial charge in [-0.15, -0.1) is 11.3 Å². The lowest BCUT2D eigenvalue weighted by Crippen LogP contribution is -2.23. The molecule has 0 saturated carbocycles. The number of aliphatic hydroxyl groups is 1. The highest BCUT2D eigenvalue weighted by molar-refractivity contribution is 7.14. The minimum atomic E-state index is -0.0144. The number of aliphatic hydroxyl groups excluding tert-OH is 1. The van der Waals surface area contributed by atoms with Gasteiger partial charge < -0.3 is 10.4 Å². The van der Waals surface area contributed by atoms with Crippen LogP contribution >= 0.6 is 11.3 Å². The van der Waals surface area contributed by atoms with Crippen LogP contribution in [0.4, 0.5) is 0 Å². The predicted octanol–water partition coefficient (Wildman–Crippen LogP) is 2.71. The first-order chi connectivity index (χ1) is 9.19. The average Bonchev–Trinajstić information content (AvgIpc) is 2.77. The van der Waals surface area contributed by atoms with Gasteiger partial charge >= 0.3 is 0 Å². The molecule has 0 aliphatic carbocycles. The molecule has 3 nitrogen and oxygen atoms in total. The molecule has 1 rings (SSSR count). The molecule has 1 amide bonds. The summed E-state index contributed by atoms with van der Waals surface area (Å²) < 4.78 is 0. The van der Waals surface area contributed by atoms with Crippen LogP contribution in [0.15, 0.2) is 6.07 Å². The van der Waals surface area contributed by atoms with E-state index in [1.54, 1.807) is 0 Å². The summed E-state index contributed by atoms with van der Waals surface area (Å²) in [5.41, 5.74) is 1.02. The molecule has 0 saturated heterocycles. The Kier molecular flexibility index (Phi) is 7.24. The monoisotopic (exact) mass is 279 g/mol. The highest BCUT2D eigenvalue weighted by Crippen LogP contribution is 2.20. The van der Waals surface area contributed by atoms with E-state index in [0.717, 1.165) is 36.2 Å². The lowest BCUT2D eigenvalue weighted by molar-refractivity contribution is 0.0957. The van der Waals surface area contributed by atoms with Gasteiger partial charge in [0, 0.05) is 13.0 Å². The third kappa shape index (κ3) is 5.46. The van der Waals surface area contributed by atoms with Crippen molar-refractivity contribution in [3.8, 4) is 11.8 Å². The second-order valence-electron chi connectivity index (χ2n) is 4.36. The van der Waals surface area contributed by atoms with E-state index < -0.39 is 0 Å². The van der Waals surface area contributed by atoms with Crippen molar-refractivity contribution < 1.29 is 9.90 Å². The summed E-state index contributed by atoms with van der Waals surface area (Å²) in [6.07, 6.45) is 3.78. The molecule has 104 valence electrons. The van der Waals surface area contributed by atoms with Crippen LogP contribution in [0, 0.1) is 18.8 Å². The van der Waals surface area contributed by atoms with Gasteiger partial charge in [0.2, 0.25) is 0 Å². The van der Waals surface area contributed by atoms with E-state index in [0.29, 0.717) is 11.3 Å². The highest BCUT2D eigenvalue weighted by Gasteiger charge is 2.10. The van der Waals surface area contributed by atoms with Crippen LogP contribution in [0.2, 0.25) is 0 Å². The number of unbranched alkanes of at least 4 members (excludes halogenated alkanes) is 2. The van der Waals surface area contributed by atoms with E-state index in [1.807, 2.05) is 13.0 Å². The van der Waals surface area contributed by atoms with Gasteiger partial charge in [0.15, 0.2) is 0 Å². The van der Waals surface area contributed by atoms with Gasteiger partial charge in [-0.25, -0.2) is 0 Å². The molecule has 0 unspecified atom stereocenters. The van der Waals surface area contributed by atoms with Crippen molar-refractivity contribution in [2.45, 2.75) is 39.5 Å². The zero-order chi connectivity index (χ0) is 14.1. The number of nitrogens with one attached hydrogen (secondary N) is 1. The summed E-state index contributed by atoms with van der Waals surface area (Å²) >= 11 is 1.41. The summed E-state index contributed by atoms with van der Waals surface area (Å²) in [6, 6.07) is 1.88. The Morgan fingerprint density at radius 3 is 2.95 bits per heavy atom. The average molecular weight is 279 g/mol. The SMILES string of the molecule is CCCCCNC(=O)c1cc(C)c(C#CCCO)s1. The van der Waals surface area contributed by atoms with Crippen LogP contribution in [-0.4, -0.2) is 24.2 Å². The van der Waals surface area contributed by atoms with E-state index in [4.69, 9.17) is 5.11 Å². The minimum absolute atomic E-state index is 0.0144. The normalized spacial score (nSPS) is 9.84. The molecule has 0 atom stereocenters. The molecule has 0 aliphatic heterocycles. The zero-order valence-corrected chi connectivity index (χ0v) is 12.4. The fourth-order valence-corrected chi connectivity index (χ4v) is 2.54. The number of hydrogen-bond donors (Lipinski definition) is 2. The molecule has 1 heterocycles. The minimum Gasteiger partial charge on any atom is -0.395 e. The van der Waals surface area contributed by atoms with Crippen molar-refractivity contribution in [2.24, 2.45) is 0 Å². The van der Waals surface area contributed by atoms with Gasteiger partial charge in [-0.1, -0.05) is 31.6 Å². The smallest absolute Gasteiger partial charge is 0.261 e. The predicted molar refractivity (Wildman–Crippen MR) is 79.5 cm³/mol. The van der Waals surface area contributed by atoms with Crippen LogP contribution < -0.4 is 5.32 Å². The quantitative estimate of drug-likeness (QED) is 0.621. The van der Waals surface area contributed by atoms with Gasteiger partial charge in [0.1, 0.15) is 0 Å². The largest absolute Gasteiger partial charge is 0.395 e. The van der Waals surface area contributed by atoms with Crippen molar-refractivity contribution in [3.05, 3.63) is 21.4 Å². The van der Waals surface area contributed by atoms with Crippen molar-refractivity contribution in [2.75, 3.05) is 13.2 Å². The molecular weight excluding hydrogens is 258 g/mol. The van der Waals surface area contributed by atoms with Crippen molar-refractivity contribution >= 4 is 17.2 Å². The number of amides is 1. The standard InChI is InChI=1S/C15H21NO2S/c1-3-4-6-9-16-15(18)14-11-12(2)13(19-14)8-5-7-10-17/h11,17H,3-4,6-7,9-10H2,1-2H3,(H,16,18). The van der Waals surface area contributed by atoms with E-state index in [-0.39, 0.29) is 12.5 Å². The summed E-state index contributed by atoms with van der Waals surface area (Å²) in [6.45, 7) is 4.90. The summed E-state index contributed by atoms with van der Waals surface area (Å²) in [5.74, 6) is 5.86. The summed E-state index contributed by atoms with van der Waals surface area (Å²) in [7, 11) is 0. The molecule has 1 aromatic heterocycles. The Labute approximate surface area is 119 Å². The topological polar surface area (TPSA) is 49.3 Å². The van der Waals surface area contributed by atoms with Gasteiger partial charge in [-0.05, 0) is 25.0 Å². The lowest BCUT2D eigenvalue weighted by Gasteiger charge is -2.01. The number of carbonyl (C=O) groups excluding carboxylic acids is 1. The molecule has 0 aromatic carbocycles. The third-order valence-electron chi connectivity index (χ3n) is 2.65. The fraction of sp³-hybridized carbons (Fsp3) is 0.533. The highest BCUT2D eigenvalue weighted by atomic mass is 32.1. The second-order valence-corrected chi connectivity index (χ2v) is 5.41. The first kappa shape index (κ1) is 15.7. The van der Waals surface area contributed by atoms with Gasteiger partial charge in [-0.3, -0.25) is 4.79 Å². The molecule has 0 bridgehead atoms. The molecule has 0 spiro atoms. The Morgan fingerprint density at radius 1 is 1.47 bits per heavy atom. The van der Waals surface area contributed by atoms with E-state index in [9.17, 15) is 4.79 Å². The van der Waals surface area contributed by atoms with Crippen LogP contribution in [0.3, 0.4) is 0 Å². The van der Waals surface area contributed by atoms with E-state index >= 15 is 0 Å². The molecule has 0 fully saturated rings. The Balaban J connectivity index is 2.57. The number of aryl methyl sites for hydroxylation is 1. The van der Waals surface area contributed by atoms with Gasteiger partial charge in [0.05, 0.1) is 16.4 Å². The van der Waals surface area contributed by atoms with Crippen molar-refractivity contribution in [3.63, 3.8) is 0 Å². The number of hydrogen-bond acceptors (Lipinski definition) is 3. The van der Waals surface area contributed by atoms with Gasteiger partial charge in [-0.2, -0.15) is 0 Å². The Hall–Kier alpha value is -1.31. The third-order valence-corrected chi connectivity index (χ3v) is 3.80. The van der Waals surface area contributed by atoms with Crippen LogP contribution in [-0.2, 0) is 0 Å². The molecule has 2 N–H and O–H groups in total. The zero-order valence-electron chi connectivity index (χ0n) is 11.6. The maximum Gasteiger partial charge on any atom is 0.261 e. The Bertz CT molecular complexity index is 468. The van der Waals surface area contributed by atoms with Crippen molar-refractivity contribution in [1.29, 1.82) is 0 Å². The fourth-order valence-electron chi connectivity index (χ4n) is 1.58. The Morgan fingerprint density at radius 2 is 2.26 bits per heavy atom. The van der Waals surface area contributed by atoms with Crippen LogP contribution in [0.5, 0.6) is 0 Å². The van der Waals surface area contributed by atoms with Crippen LogP contribution in [0.25, 0.3) is 0 Å². The number of rotatable bonds is 6. The molecule has 0 aliphatic rings. The lowest BCUT2D eigenvalue weighted by atomic mass is 10.2. The van der Waals surface area contributed by atoms with E-state index in [2.05, 4.69) is 24.1 Å². The summed E-state index contributed by atoms with van der Waals surface area (Å²) in [5, 5.41) is 11.6. The molecular formula is C15H21NO2S. The molecule has 19 heavy (non-hydrogen) atoms. The maximum atomic E-state index is 11.9. The number of thiophene rings is 1. The van der Waals surface area contributed by atoms with Gasteiger partial charge in [0.25, 0.3) is 5.91 Å². The second kappa shape index (κ2) is 8.73.